The molecule has 0 aromatic heterocycles. The minimum Gasteiger partial charge on any atom is -0.459 e. The molecule has 2 rings (SSSR count). The SMILES string of the molecule is CC(=O)OC(/C=C/c1ccccc1)CC1CC=CC(=O)O1. The van der Waals surface area contributed by atoms with Crippen LogP contribution in [0, 0.1) is 0 Å². The first-order valence-electron chi connectivity index (χ1n) is 6.91. The molecule has 0 fully saturated rings. The molecule has 0 aliphatic carbocycles. The first-order valence-corrected chi connectivity index (χ1v) is 6.91. The van der Waals surface area contributed by atoms with Gasteiger partial charge in [-0.15, -0.1) is 0 Å². The van der Waals surface area contributed by atoms with E-state index >= 15 is 0 Å². The van der Waals surface area contributed by atoms with Crippen molar-refractivity contribution in [2.45, 2.75) is 32.0 Å². The molecule has 0 spiro atoms. The number of cyclic esters (lactones) is 1. The number of rotatable bonds is 5. The third kappa shape index (κ3) is 5.26. The molecular formula is C17H18O4. The summed E-state index contributed by atoms with van der Waals surface area (Å²) in [7, 11) is 0. The Hall–Kier alpha value is -2.36. The molecule has 0 bridgehead atoms. The predicted octanol–water partition coefficient (Wildman–Crippen LogP) is 2.89. The fourth-order valence-electron chi connectivity index (χ4n) is 2.13. The summed E-state index contributed by atoms with van der Waals surface area (Å²) in [6, 6.07) is 9.74. The van der Waals surface area contributed by atoms with Crippen molar-refractivity contribution in [3.05, 3.63) is 54.1 Å². The lowest BCUT2D eigenvalue weighted by Gasteiger charge is -2.22. The largest absolute Gasteiger partial charge is 0.459 e. The number of hydrogen-bond acceptors (Lipinski definition) is 4. The molecular weight excluding hydrogens is 268 g/mol. The van der Waals surface area contributed by atoms with Crippen molar-refractivity contribution in [3.63, 3.8) is 0 Å². The fourth-order valence-corrected chi connectivity index (χ4v) is 2.13. The number of carbonyl (C=O) groups excluding carboxylic acids is 2. The van der Waals surface area contributed by atoms with Crippen LogP contribution < -0.4 is 0 Å². The smallest absolute Gasteiger partial charge is 0.330 e. The zero-order valence-corrected chi connectivity index (χ0v) is 11.9. The van der Waals surface area contributed by atoms with Gasteiger partial charge in [-0.3, -0.25) is 4.79 Å². The topological polar surface area (TPSA) is 52.6 Å². The maximum Gasteiger partial charge on any atom is 0.330 e. The molecule has 1 aromatic rings. The molecule has 0 radical (unpaired) electrons. The van der Waals surface area contributed by atoms with Crippen LogP contribution in [-0.2, 0) is 19.1 Å². The summed E-state index contributed by atoms with van der Waals surface area (Å²) in [6.45, 7) is 1.37. The van der Waals surface area contributed by atoms with Crippen LogP contribution in [0.2, 0.25) is 0 Å². The normalized spacial score (nSPS) is 19.3. The van der Waals surface area contributed by atoms with Crippen LogP contribution in [0.25, 0.3) is 6.08 Å². The first kappa shape index (κ1) is 15.0. The van der Waals surface area contributed by atoms with Crippen molar-refractivity contribution in [2.75, 3.05) is 0 Å². The number of carbonyl (C=O) groups is 2. The maximum atomic E-state index is 11.2. The molecule has 2 unspecified atom stereocenters. The van der Waals surface area contributed by atoms with Crippen molar-refractivity contribution in [2.24, 2.45) is 0 Å². The molecule has 0 saturated carbocycles. The van der Waals surface area contributed by atoms with E-state index in [4.69, 9.17) is 9.47 Å². The van der Waals surface area contributed by atoms with Gasteiger partial charge in [0, 0.05) is 25.8 Å². The molecule has 1 heterocycles. The molecule has 0 saturated heterocycles. The van der Waals surface area contributed by atoms with Gasteiger partial charge in [-0.2, -0.15) is 0 Å². The second kappa shape index (κ2) is 7.43. The van der Waals surface area contributed by atoms with Gasteiger partial charge in [-0.1, -0.05) is 42.5 Å². The van der Waals surface area contributed by atoms with Crippen LogP contribution in [0.1, 0.15) is 25.3 Å². The molecule has 0 N–H and O–H groups in total. The van der Waals surface area contributed by atoms with E-state index in [1.54, 1.807) is 6.08 Å². The van der Waals surface area contributed by atoms with Gasteiger partial charge in [-0.05, 0) is 11.6 Å². The van der Waals surface area contributed by atoms with Crippen LogP contribution in [0.3, 0.4) is 0 Å². The average Bonchev–Trinajstić information content (AvgIpc) is 2.45. The Morgan fingerprint density at radius 2 is 2.19 bits per heavy atom. The van der Waals surface area contributed by atoms with E-state index in [1.807, 2.05) is 42.5 Å². The Morgan fingerprint density at radius 3 is 2.86 bits per heavy atom. The molecule has 4 heteroatoms. The van der Waals surface area contributed by atoms with Crippen molar-refractivity contribution in [1.82, 2.24) is 0 Å². The molecule has 0 amide bonds. The van der Waals surface area contributed by atoms with Gasteiger partial charge in [-0.25, -0.2) is 4.79 Å². The second-order valence-electron chi connectivity index (χ2n) is 4.85. The second-order valence-corrected chi connectivity index (χ2v) is 4.85. The molecule has 4 nitrogen and oxygen atoms in total. The Kier molecular flexibility index (Phi) is 5.32. The Bertz CT molecular complexity index is 545. The van der Waals surface area contributed by atoms with Crippen molar-refractivity contribution < 1.29 is 19.1 Å². The van der Waals surface area contributed by atoms with Crippen molar-refractivity contribution in [1.29, 1.82) is 0 Å². The minimum atomic E-state index is -0.410. The monoisotopic (exact) mass is 286 g/mol. The van der Waals surface area contributed by atoms with Crippen molar-refractivity contribution >= 4 is 18.0 Å². The van der Waals surface area contributed by atoms with E-state index in [-0.39, 0.29) is 18.0 Å². The van der Waals surface area contributed by atoms with Crippen LogP contribution in [0.4, 0.5) is 0 Å². The van der Waals surface area contributed by atoms with Crippen LogP contribution in [0.5, 0.6) is 0 Å². The highest BCUT2D eigenvalue weighted by molar-refractivity contribution is 5.82. The zero-order valence-electron chi connectivity index (χ0n) is 11.9. The number of hydrogen-bond donors (Lipinski definition) is 0. The van der Waals surface area contributed by atoms with E-state index < -0.39 is 6.10 Å². The highest BCUT2D eigenvalue weighted by Crippen LogP contribution is 2.17. The van der Waals surface area contributed by atoms with E-state index in [1.165, 1.54) is 13.0 Å². The molecule has 1 aromatic carbocycles. The van der Waals surface area contributed by atoms with E-state index in [0.29, 0.717) is 12.8 Å². The lowest BCUT2D eigenvalue weighted by atomic mass is 10.1. The van der Waals surface area contributed by atoms with E-state index in [0.717, 1.165) is 5.56 Å². The Balaban J connectivity index is 2.00. The third-order valence-corrected chi connectivity index (χ3v) is 3.05. The van der Waals surface area contributed by atoms with Gasteiger partial charge in [0.1, 0.15) is 12.2 Å². The zero-order chi connectivity index (χ0) is 15.1. The predicted molar refractivity (Wildman–Crippen MR) is 79.3 cm³/mol. The highest BCUT2D eigenvalue weighted by atomic mass is 16.6. The standard InChI is InChI=1S/C17H18O4/c1-13(18)20-16(11-10-14-6-3-2-4-7-14)12-15-8-5-9-17(19)21-15/h2-7,9-11,15-16H,8,12H2,1H3/b11-10+. The van der Waals surface area contributed by atoms with Crippen LogP contribution in [0.15, 0.2) is 48.6 Å². The number of benzene rings is 1. The highest BCUT2D eigenvalue weighted by Gasteiger charge is 2.21. The van der Waals surface area contributed by atoms with Gasteiger partial charge in [0.05, 0.1) is 0 Å². The van der Waals surface area contributed by atoms with Crippen molar-refractivity contribution in [3.8, 4) is 0 Å². The Labute approximate surface area is 124 Å². The summed E-state index contributed by atoms with van der Waals surface area (Å²) in [5.74, 6) is -0.699. The summed E-state index contributed by atoms with van der Waals surface area (Å²) in [6.07, 6.45) is 7.34. The number of ether oxygens (including phenoxy) is 2. The fraction of sp³-hybridized carbons (Fsp3) is 0.294. The van der Waals surface area contributed by atoms with Gasteiger partial charge in [0.25, 0.3) is 0 Å². The van der Waals surface area contributed by atoms with Crippen LogP contribution >= 0.6 is 0 Å². The van der Waals surface area contributed by atoms with Gasteiger partial charge in [0.15, 0.2) is 0 Å². The van der Waals surface area contributed by atoms with Crippen LogP contribution in [-0.4, -0.2) is 24.1 Å². The average molecular weight is 286 g/mol. The molecule has 1 aliphatic heterocycles. The molecule has 1 aliphatic rings. The summed E-state index contributed by atoms with van der Waals surface area (Å²) in [5, 5.41) is 0. The first-order chi connectivity index (χ1) is 10.1. The summed E-state index contributed by atoms with van der Waals surface area (Å²) in [5.41, 5.74) is 1.02. The lowest BCUT2D eigenvalue weighted by molar-refractivity contribution is -0.149. The molecule has 21 heavy (non-hydrogen) atoms. The van der Waals surface area contributed by atoms with Gasteiger partial charge >= 0.3 is 11.9 Å². The van der Waals surface area contributed by atoms with Gasteiger partial charge < -0.3 is 9.47 Å². The summed E-state index contributed by atoms with van der Waals surface area (Å²) >= 11 is 0. The number of esters is 2. The maximum absolute atomic E-state index is 11.2. The third-order valence-electron chi connectivity index (χ3n) is 3.05. The lowest BCUT2D eigenvalue weighted by Crippen LogP contribution is -2.26. The minimum absolute atomic E-state index is 0.257. The van der Waals surface area contributed by atoms with E-state index in [9.17, 15) is 9.59 Å². The van der Waals surface area contributed by atoms with Gasteiger partial charge in [0.2, 0.25) is 0 Å². The summed E-state index contributed by atoms with van der Waals surface area (Å²) in [4.78, 5) is 22.4. The van der Waals surface area contributed by atoms with E-state index in [2.05, 4.69) is 0 Å². The molecule has 110 valence electrons. The summed E-state index contributed by atoms with van der Waals surface area (Å²) < 4.78 is 10.5. The quantitative estimate of drug-likeness (QED) is 0.781. The molecule has 2 atom stereocenters. The Morgan fingerprint density at radius 1 is 1.43 bits per heavy atom.